The Hall–Kier alpha value is -1.44. The Morgan fingerprint density at radius 3 is 2.63 bits per heavy atom. The minimum Gasteiger partial charge on any atom is -0.462 e. The predicted molar refractivity (Wildman–Crippen MR) is 107 cm³/mol. The molecule has 2 aliphatic rings. The molecule has 1 N–H and O–H groups in total. The summed E-state index contributed by atoms with van der Waals surface area (Å²) in [7, 11) is 1.74. The molecule has 1 saturated heterocycles. The lowest BCUT2D eigenvalue weighted by atomic mass is 9.95. The number of rotatable bonds is 6. The summed E-state index contributed by atoms with van der Waals surface area (Å²) in [6.45, 7) is 5.76. The Bertz CT molecular complexity index is 680. The molecule has 1 aromatic rings. The van der Waals surface area contributed by atoms with Crippen molar-refractivity contribution in [1.82, 2.24) is 4.90 Å². The number of amides is 1. The van der Waals surface area contributed by atoms with Crippen molar-refractivity contribution in [2.75, 3.05) is 32.1 Å². The van der Waals surface area contributed by atoms with Crippen molar-refractivity contribution in [3.05, 3.63) is 16.0 Å². The van der Waals surface area contributed by atoms with Crippen LogP contribution in [0.3, 0.4) is 0 Å². The largest absolute Gasteiger partial charge is 0.462 e. The molecule has 1 aliphatic carbocycles. The number of piperidine rings is 1. The summed E-state index contributed by atoms with van der Waals surface area (Å²) in [5.41, 5.74) is 1.66. The molecule has 3 rings (SSSR count). The standard InChI is InChI=1S/C20H30N2O4S/c1-4-26-20(24)17-15-7-5-6-8-16(15)27-19(17)21-18(23)13(2)22-11-9-14(25-3)10-12-22/h13-14H,4-12H2,1-3H3,(H,21,23). The van der Waals surface area contributed by atoms with E-state index in [2.05, 4.69) is 10.2 Å². The van der Waals surface area contributed by atoms with E-state index in [9.17, 15) is 9.59 Å². The lowest BCUT2D eigenvalue weighted by molar-refractivity contribution is -0.121. The van der Waals surface area contributed by atoms with Gasteiger partial charge in [-0.1, -0.05) is 0 Å². The Morgan fingerprint density at radius 2 is 1.96 bits per heavy atom. The number of carbonyl (C=O) groups excluding carboxylic acids is 2. The molecule has 1 amide bonds. The zero-order valence-corrected chi connectivity index (χ0v) is 17.3. The van der Waals surface area contributed by atoms with Crippen molar-refractivity contribution < 1.29 is 19.1 Å². The second kappa shape index (κ2) is 9.17. The van der Waals surface area contributed by atoms with Gasteiger partial charge < -0.3 is 14.8 Å². The molecule has 1 aromatic heterocycles. The van der Waals surface area contributed by atoms with Gasteiger partial charge in [0.15, 0.2) is 0 Å². The maximum absolute atomic E-state index is 12.9. The fourth-order valence-corrected chi connectivity index (χ4v) is 5.23. The molecular weight excluding hydrogens is 364 g/mol. The number of anilines is 1. The number of aryl methyl sites for hydroxylation is 1. The summed E-state index contributed by atoms with van der Waals surface area (Å²) >= 11 is 1.54. The first-order valence-corrected chi connectivity index (χ1v) is 10.8. The quantitative estimate of drug-likeness (QED) is 0.750. The molecule has 7 heteroatoms. The highest BCUT2D eigenvalue weighted by Crippen LogP contribution is 2.38. The van der Waals surface area contributed by atoms with Crippen molar-refractivity contribution in [3.8, 4) is 0 Å². The Balaban J connectivity index is 1.73. The van der Waals surface area contributed by atoms with E-state index in [4.69, 9.17) is 9.47 Å². The Labute approximate surface area is 165 Å². The van der Waals surface area contributed by atoms with Crippen LogP contribution in [0.5, 0.6) is 0 Å². The van der Waals surface area contributed by atoms with Crippen molar-refractivity contribution in [1.29, 1.82) is 0 Å². The Morgan fingerprint density at radius 1 is 1.26 bits per heavy atom. The molecule has 1 aliphatic heterocycles. The van der Waals surface area contributed by atoms with Gasteiger partial charge in [0.25, 0.3) is 0 Å². The summed E-state index contributed by atoms with van der Waals surface area (Å²) in [4.78, 5) is 28.8. The maximum atomic E-state index is 12.9. The normalized spacial score (nSPS) is 19.4. The summed E-state index contributed by atoms with van der Waals surface area (Å²) in [6, 6.07) is -0.239. The summed E-state index contributed by atoms with van der Waals surface area (Å²) in [6.07, 6.45) is 6.24. The molecule has 2 heterocycles. The highest BCUT2D eigenvalue weighted by atomic mass is 32.1. The molecule has 0 bridgehead atoms. The number of nitrogens with one attached hydrogen (secondary N) is 1. The molecule has 1 fully saturated rings. The van der Waals surface area contributed by atoms with Gasteiger partial charge in [-0.15, -0.1) is 11.3 Å². The maximum Gasteiger partial charge on any atom is 0.341 e. The fraction of sp³-hybridized carbons (Fsp3) is 0.700. The first-order valence-electron chi connectivity index (χ1n) is 9.94. The summed E-state index contributed by atoms with van der Waals surface area (Å²) < 4.78 is 10.7. The molecule has 27 heavy (non-hydrogen) atoms. The Kier molecular flexibility index (Phi) is 6.89. The van der Waals surface area contributed by atoms with E-state index in [0.717, 1.165) is 57.2 Å². The predicted octanol–water partition coefficient (Wildman–Crippen LogP) is 3.24. The first kappa shape index (κ1) is 20.3. The lowest BCUT2D eigenvalue weighted by Crippen LogP contribution is -2.47. The molecular formula is C20H30N2O4S. The monoisotopic (exact) mass is 394 g/mol. The fourth-order valence-electron chi connectivity index (χ4n) is 3.95. The first-order chi connectivity index (χ1) is 13.0. The van der Waals surface area contributed by atoms with Gasteiger partial charge in [-0.25, -0.2) is 4.79 Å². The van der Waals surface area contributed by atoms with Crippen LogP contribution in [0.15, 0.2) is 0 Å². The van der Waals surface area contributed by atoms with Crippen LogP contribution in [-0.4, -0.2) is 55.7 Å². The average molecular weight is 395 g/mol. The van der Waals surface area contributed by atoms with Gasteiger partial charge in [0.2, 0.25) is 5.91 Å². The molecule has 0 saturated carbocycles. The van der Waals surface area contributed by atoms with E-state index >= 15 is 0 Å². The molecule has 1 atom stereocenters. The van der Waals surface area contributed by atoms with Gasteiger partial charge in [-0.2, -0.15) is 0 Å². The molecule has 6 nitrogen and oxygen atoms in total. The van der Waals surface area contributed by atoms with Crippen LogP contribution in [0.25, 0.3) is 0 Å². The van der Waals surface area contributed by atoms with Gasteiger partial charge in [0.05, 0.1) is 24.3 Å². The van der Waals surface area contributed by atoms with E-state index in [1.165, 1.54) is 4.88 Å². The van der Waals surface area contributed by atoms with E-state index < -0.39 is 0 Å². The van der Waals surface area contributed by atoms with Crippen LogP contribution >= 0.6 is 11.3 Å². The SMILES string of the molecule is CCOC(=O)c1c(NC(=O)C(C)N2CCC(OC)CC2)sc2c1CCCC2. The van der Waals surface area contributed by atoms with E-state index in [1.54, 1.807) is 25.4 Å². The second-order valence-corrected chi connectivity index (χ2v) is 8.38. The number of hydrogen-bond donors (Lipinski definition) is 1. The van der Waals surface area contributed by atoms with Gasteiger partial charge >= 0.3 is 5.97 Å². The van der Waals surface area contributed by atoms with Crippen LogP contribution in [0, 0.1) is 0 Å². The van der Waals surface area contributed by atoms with Crippen LogP contribution in [0.2, 0.25) is 0 Å². The van der Waals surface area contributed by atoms with Crippen LogP contribution in [0.1, 0.15) is 60.3 Å². The number of carbonyl (C=O) groups is 2. The van der Waals surface area contributed by atoms with Crippen molar-refractivity contribution in [3.63, 3.8) is 0 Å². The summed E-state index contributed by atoms with van der Waals surface area (Å²) in [5.74, 6) is -0.379. The highest BCUT2D eigenvalue weighted by molar-refractivity contribution is 7.17. The minimum absolute atomic E-state index is 0.0602. The van der Waals surface area contributed by atoms with Gasteiger partial charge in [-0.3, -0.25) is 9.69 Å². The van der Waals surface area contributed by atoms with Gasteiger partial charge in [0.1, 0.15) is 5.00 Å². The highest BCUT2D eigenvalue weighted by Gasteiger charge is 2.30. The lowest BCUT2D eigenvalue weighted by Gasteiger charge is -2.34. The molecule has 0 aromatic carbocycles. The number of esters is 1. The third-order valence-corrected chi connectivity index (χ3v) is 6.83. The third kappa shape index (κ3) is 4.52. The topological polar surface area (TPSA) is 67.9 Å². The van der Waals surface area contributed by atoms with Crippen LogP contribution in [0.4, 0.5) is 5.00 Å². The molecule has 0 radical (unpaired) electrons. The number of ether oxygens (including phenoxy) is 2. The molecule has 150 valence electrons. The number of fused-ring (bicyclic) bond motifs is 1. The summed E-state index contributed by atoms with van der Waals surface area (Å²) in [5, 5.41) is 3.69. The number of hydrogen-bond acceptors (Lipinski definition) is 6. The zero-order chi connectivity index (χ0) is 19.4. The zero-order valence-electron chi connectivity index (χ0n) is 16.5. The van der Waals surface area contributed by atoms with Crippen molar-refractivity contribution >= 4 is 28.2 Å². The number of methoxy groups -OCH3 is 1. The smallest absolute Gasteiger partial charge is 0.341 e. The van der Waals surface area contributed by atoms with Gasteiger partial charge in [-0.05, 0) is 57.9 Å². The third-order valence-electron chi connectivity index (χ3n) is 5.62. The minimum atomic E-state index is -0.319. The second-order valence-electron chi connectivity index (χ2n) is 7.27. The number of thiophene rings is 1. The van der Waals surface area contributed by atoms with Crippen LogP contribution < -0.4 is 5.32 Å². The molecule has 1 unspecified atom stereocenters. The van der Waals surface area contributed by atoms with E-state index in [-0.39, 0.29) is 24.0 Å². The number of likely N-dealkylation sites (tertiary alicyclic amines) is 1. The van der Waals surface area contributed by atoms with E-state index in [0.29, 0.717) is 17.2 Å². The van der Waals surface area contributed by atoms with Crippen LogP contribution in [-0.2, 0) is 27.1 Å². The van der Waals surface area contributed by atoms with Gasteiger partial charge in [0, 0.05) is 25.1 Å². The van der Waals surface area contributed by atoms with Crippen molar-refractivity contribution in [2.24, 2.45) is 0 Å². The average Bonchev–Trinajstić information content (AvgIpc) is 3.05. The molecule has 0 spiro atoms. The number of nitrogens with zero attached hydrogens (tertiary/aromatic N) is 1. The van der Waals surface area contributed by atoms with Crippen molar-refractivity contribution in [2.45, 2.75) is 64.5 Å². The van der Waals surface area contributed by atoms with E-state index in [1.807, 2.05) is 6.92 Å².